The largest absolute Gasteiger partial charge is 0.376 e. The molecule has 39 heavy (non-hydrogen) atoms. The maximum absolute atomic E-state index is 13.7. The third-order valence-corrected chi connectivity index (χ3v) is 9.36. The predicted octanol–water partition coefficient (Wildman–Crippen LogP) is 5.37. The molecule has 7 nitrogen and oxygen atoms in total. The summed E-state index contributed by atoms with van der Waals surface area (Å²) >= 11 is 3.26. The number of fused-ring (bicyclic) bond motifs is 1. The highest BCUT2D eigenvalue weighted by atomic mass is 32.2. The Balaban J connectivity index is 1.50. The van der Waals surface area contributed by atoms with Crippen LogP contribution < -0.4 is 10.2 Å². The summed E-state index contributed by atoms with van der Waals surface area (Å²) in [7, 11) is 0. The quantitative estimate of drug-likeness (QED) is 0.330. The molecule has 2 aromatic carbocycles. The molecule has 2 atom stereocenters. The molecule has 0 aliphatic carbocycles. The van der Waals surface area contributed by atoms with Gasteiger partial charge in [-0.25, -0.2) is 4.68 Å². The summed E-state index contributed by atoms with van der Waals surface area (Å²) in [6.45, 7) is 3.14. The zero-order chi connectivity index (χ0) is 26.8. The van der Waals surface area contributed by atoms with Crippen LogP contribution in [0.2, 0.25) is 0 Å². The number of benzene rings is 2. The Labute approximate surface area is 236 Å². The predicted molar refractivity (Wildman–Crippen MR) is 157 cm³/mol. The molecule has 1 saturated heterocycles. The Kier molecular flexibility index (Phi) is 7.54. The van der Waals surface area contributed by atoms with Crippen LogP contribution in [0.4, 0.5) is 5.82 Å². The Morgan fingerprint density at radius 1 is 1.13 bits per heavy atom. The Morgan fingerprint density at radius 2 is 2.00 bits per heavy atom. The average Bonchev–Trinajstić information content (AvgIpc) is 3.72. The van der Waals surface area contributed by atoms with E-state index in [0.717, 1.165) is 52.4 Å². The third-order valence-electron chi connectivity index (χ3n) is 7.04. The van der Waals surface area contributed by atoms with Gasteiger partial charge in [-0.05, 0) is 48.9 Å². The third kappa shape index (κ3) is 5.39. The minimum Gasteiger partial charge on any atom is -0.376 e. The van der Waals surface area contributed by atoms with Gasteiger partial charge in [0.15, 0.2) is 0 Å². The number of hydrogen-bond acceptors (Lipinski definition) is 6. The topological polar surface area (TPSA) is 76.5 Å². The number of rotatable bonds is 7. The number of hydrogen-bond donors (Lipinski definition) is 1. The van der Waals surface area contributed by atoms with E-state index in [-0.39, 0.29) is 35.5 Å². The van der Waals surface area contributed by atoms with E-state index in [1.807, 2.05) is 66.2 Å². The van der Waals surface area contributed by atoms with Crippen molar-refractivity contribution in [2.45, 2.75) is 31.1 Å². The van der Waals surface area contributed by atoms with Gasteiger partial charge in [0.25, 0.3) is 0 Å². The lowest BCUT2D eigenvalue weighted by atomic mass is 10.0. The maximum Gasteiger partial charge on any atom is 0.240 e. The molecule has 0 bridgehead atoms. The van der Waals surface area contributed by atoms with Crippen molar-refractivity contribution in [1.82, 2.24) is 15.1 Å². The fourth-order valence-corrected chi connectivity index (χ4v) is 7.34. The van der Waals surface area contributed by atoms with Gasteiger partial charge in [-0.15, -0.1) is 23.1 Å². The summed E-state index contributed by atoms with van der Waals surface area (Å²) in [6.07, 6.45) is 1.98. The number of aryl methyl sites for hydroxylation is 1. The van der Waals surface area contributed by atoms with E-state index in [1.54, 1.807) is 28.0 Å². The molecule has 200 valence electrons. The summed E-state index contributed by atoms with van der Waals surface area (Å²) in [5, 5.41) is 10.1. The number of thioether (sulfide) groups is 1. The molecule has 2 amide bonds. The van der Waals surface area contributed by atoms with Crippen LogP contribution in [0.3, 0.4) is 0 Å². The zero-order valence-electron chi connectivity index (χ0n) is 21.7. The smallest absolute Gasteiger partial charge is 0.240 e. The van der Waals surface area contributed by atoms with Crippen LogP contribution in [-0.2, 0) is 14.3 Å². The van der Waals surface area contributed by atoms with Crippen LogP contribution in [-0.4, -0.2) is 53.1 Å². The normalized spacial score (nSPS) is 19.1. The average molecular weight is 559 g/mol. The fourth-order valence-electron chi connectivity index (χ4n) is 5.17. The van der Waals surface area contributed by atoms with Crippen LogP contribution in [0.1, 0.15) is 34.1 Å². The number of nitrogens with zero attached hydrogens (tertiary/aromatic N) is 3. The van der Waals surface area contributed by atoms with Crippen molar-refractivity contribution >= 4 is 40.7 Å². The molecule has 0 saturated carbocycles. The summed E-state index contributed by atoms with van der Waals surface area (Å²) in [4.78, 5) is 29.8. The van der Waals surface area contributed by atoms with Crippen molar-refractivity contribution in [3.05, 3.63) is 88.1 Å². The number of thiophene rings is 1. The molecule has 2 aliphatic rings. The molecule has 2 aromatic heterocycles. The lowest BCUT2D eigenvalue weighted by Gasteiger charge is -2.23. The van der Waals surface area contributed by atoms with E-state index in [0.29, 0.717) is 12.4 Å². The van der Waals surface area contributed by atoms with E-state index >= 15 is 0 Å². The second-order valence-electron chi connectivity index (χ2n) is 9.83. The second kappa shape index (κ2) is 11.4. The Hall–Kier alpha value is -3.40. The van der Waals surface area contributed by atoms with Crippen molar-refractivity contribution in [3.63, 3.8) is 0 Å². The molecule has 1 fully saturated rings. The minimum atomic E-state index is -0.206. The van der Waals surface area contributed by atoms with Crippen LogP contribution in [0.15, 0.2) is 72.1 Å². The van der Waals surface area contributed by atoms with Crippen molar-refractivity contribution in [2.24, 2.45) is 0 Å². The first-order chi connectivity index (χ1) is 19.1. The molecule has 0 spiro atoms. The second-order valence-corrected chi connectivity index (χ2v) is 11.9. The zero-order valence-corrected chi connectivity index (χ0v) is 23.3. The summed E-state index contributed by atoms with van der Waals surface area (Å²) in [5.74, 6) is 0.599. The molecular weight excluding hydrogens is 528 g/mol. The van der Waals surface area contributed by atoms with Crippen molar-refractivity contribution in [1.29, 1.82) is 0 Å². The lowest BCUT2D eigenvalue weighted by molar-refractivity contribution is -0.123. The molecule has 0 unspecified atom stereocenters. The molecule has 6 rings (SSSR count). The van der Waals surface area contributed by atoms with Crippen molar-refractivity contribution in [2.75, 3.05) is 30.3 Å². The number of aromatic nitrogens is 2. The molecule has 9 heteroatoms. The van der Waals surface area contributed by atoms with Crippen LogP contribution in [0, 0.1) is 6.92 Å². The van der Waals surface area contributed by atoms with E-state index < -0.39 is 0 Å². The molecule has 1 N–H and O–H groups in total. The van der Waals surface area contributed by atoms with Gasteiger partial charge in [0.2, 0.25) is 11.8 Å². The summed E-state index contributed by atoms with van der Waals surface area (Å²) < 4.78 is 7.52. The van der Waals surface area contributed by atoms with E-state index in [2.05, 4.69) is 22.8 Å². The molecule has 4 heterocycles. The minimum absolute atomic E-state index is 0.0330. The van der Waals surface area contributed by atoms with Crippen molar-refractivity contribution < 1.29 is 14.3 Å². The Morgan fingerprint density at radius 3 is 2.74 bits per heavy atom. The first-order valence-corrected chi connectivity index (χ1v) is 15.1. The van der Waals surface area contributed by atoms with Crippen LogP contribution >= 0.6 is 23.1 Å². The van der Waals surface area contributed by atoms with Gasteiger partial charge >= 0.3 is 0 Å². The summed E-state index contributed by atoms with van der Waals surface area (Å²) in [6, 6.07) is 22.3. The number of carbonyl (C=O) groups excluding carboxylic acids is 2. The van der Waals surface area contributed by atoms with Crippen LogP contribution in [0.25, 0.3) is 16.9 Å². The fraction of sp³-hybridized carbons (Fsp3) is 0.300. The number of anilines is 1. The lowest BCUT2D eigenvalue weighted by Crippen LogP contribution is -2.44. The standard InChI is InChI=1S/C30H30N4O3S2/c1-20-8-5-11-22(16-20)34-30-27(28(32-34)21-9-3-2-4-10-21)29(24-13-7-15-38-24)39-19-26(36)33(30)18-25(35)31-17-23-12-6-14-37-23/h2-5,7-11,13,15-16,23,29H,6,12,14,17-19H2,1H3,(H,31,35)/t23-,29-/m0/s1. The Bertz CT molecular complexity index is 1460. The van der Waals surface area contributed by atoms with E-state index in [9.17, 15) is 9.59 Å². The molecule has 0 radical (unpaired) electrons. The molecule has 4 aromatic rings. The number of ether oxygens (including phenoxy) is 1. The highest BCUT2D eigenvalue weighted by Crippen LogP contribution is 2.49. The first kappa shape index (κ1) is 25.9. The van der Waals surface area contributed by atoms with E-state index in [4.69, 9.17) is 9.84 Å². The molecule has 2 aliphatic heterocycles. The van der Waals surface area contributed by atoms with Gasteiger partial charge in [-0.3, -0.25) is 14.5 Å². The highest BCUT2D eigenvalue weighted by molar-refractivity contribution is 8.00. The maximum atomic E-state index is 13.7. The number of nitrogens with one attached hydrogen (secondary N) is 1. The van der Waals surface area contributed by atoms with Gasteiger partial charge in [0.1, 0.15) is 12.4 Å². The van der Waals surface area contributed by atoms with Crippen LogP contribution in [0.5, 0.6) is 0 Å². The highest BCUT2D eigenvalue weighted by Gasteiger charge is 2.38. The monoisotopic (exact) mass is 558 g/mol. The molecular formula is C30H30N4O3S2. The SMILES string of the molecule is Cc1cccc(-n2nc(-c3ccccc3)c3c2N(CC(=O)NC[C@@H]2CCCO2)C(=O)CS[C@H]3c2cccs2)c1. The summed E-state index contributed by atoms with van der Waals surface area (Å²) in [5.41, 5.74) is 4.68. The van der Waals surface area contributed by atoms with E-state index in [1.165, 1.54) is 0 Å². The van der Waals surface area contributed by atoms with Gasteiger partial charge < -0.3 is 10.1 Å². The van der Waals surface area contributed by atoms with Gasteiger partial charge in [0, 0.05) is 29.2 Å². The van der Waals surface area contributed by atoms with Crippen molar-refractivity contribution in [3.8, 4) is 16.9 Å². The first-order valence-electron chi connectivity index (χ1n) is 13.2. The number of carbonyl (C=O) groups is 2. The van der Waals surface area contributed by atoms with Gasteiger partial charge in [-0.1, -0.05) is 48.5 Å². The van der Waals surface area contributed by atoms with Gasteiger partial charge in [0.05, 0.1) is 28.5 Å². The number of amides is 2. The van der Waals surface area contributed by atoms with Gasteiger partial charge in [-0.2, -0.15) is 5.10 Å².